The molecule has 0 saturated heterocycles. The molecule has 27 heavy (non-hydrogen) atoms. The van der Waals surface area contributed by atoms with Gasteiger partial charge in [-0.3, -0.25) is 4.79 Å². The summed E-state index contributed by atoms with van der Waals surface area (Å²) in [5, 5.41) is 30.3. The lowest BCUT2D eigenvalue weighted by Gasteiger charge is -2.18. The maximum Gasteiger partial charge on any atom is 0.223 e. The van der Waals surface area contributed by atoms with Crippen molar-refractivity contribution in [1.29, 1.82) is 0 Å². The highest BCUT2D eigenvalue weighted by Crippen LogP contribution is 2.40. The van der Waals surface area contributed by atoms with Crippen molar-refractivity contribution < 1.29 is 30.0 Å². The van der Waals surface area contributed by atoms with E-state index in [2.05, 4.69) is 0 Å². The van der Waals surface area contributed by atoms with E-state index in [1.54, 1.807) is 18.2 Å². The van der Waals surface area contributed by atoms with Gasteiger partial charge in [-0.05, 0) is 32.4 Å². The average molecular weight is 372 g/mol. The smallest absolute Gasteiger partial charge is 0.223 e. The topological polar surface area (TPSA) is 91.4 Å². The van der Waals surface area contributed by atoms with E-state index in [0.29, 0.717) is 29.9 Å². The van der Waals surface area contributed by atoms with Crippen LogP contribution in [0.1, 0.15) is 47.3 Å². The van der Waals surface area contributed by atoms with E-state index in [0.717, 1.165) is 5.56 Å². The Hall–Kier alpha value is -2.83. The van der Waals surface area contributed by atoms with Crippen LogP contribution in [0.2, 0.25) is 0 Å². The zero-order valence-electron chi connectivity index (χ0n) is 16.0. The second-order valence-corrected chi connectivity index (χ2v) is 6.23. The van der Waals surface area contributed by atoms with E-state index in [4.69, 9.17) is 4.74 Å². The number of phenols is 2. The second kappa shape index (κ2) is 8.70. The van der Waals surface area contributed by atoms with Gasteiger partial charge in [-0.25, -0.2) is 5.21 Å². The molecule has 4 N–H and O–H groups in total. The summed E-state index contributed by atoms with van der Waals surface area (Å²) >= 11 is 0. The predicted octanol–water partition coefficient (Wildman–Crippen LogP) is 2.96. The predicted molar refractivity (Wildman–Crippen MR) is 103 cm³/mol. The maximum absolute atomic E-state index is 13.3. The molecule has 6 heteroatoms. The van der Waals surface area contributed by atoms with E-state index >= 15 is 0 Å². The Morgan fingerprint density at radius 3 is 2.33 bits per heavy atom. The van der Waals surface area contributed by atoms with Crippen molar-refractivity contribution in [2.24, 2.45) is 0 Å². The first-order chi connectivity index (χ1) is 12.8. The fourth-order valence-corrected chi connectivity index (χ4v) is 2.88. The lowest BCUT2D eigenvalue weighted by molar-refractivity contribution is -1.02. The van der Waals surface area contributed by atoms with Crippen LogP contribution in [0, 0.1) is 6.92 Å². The van der Waals surface area contributed by atoms with Crippen LogP contribution < -0.4 is 5.06 Å². The minimum atomic E-state index is -0.540. The number of rotatable bonds is 7. The van der Waals surface area contributed by atoms with Crippen molar-refractivity contribution in [3.05, 3.63) is 58.7 Å². The van der Waals surface area contributed by atoms with E-state index in [1.807, 2.05) is 32.9 Å². The minimum Gasteiger partial charge on any atom is -0.504 e. The molecule has 1 unspecified atom stereocenters. The molecule has 0 bridgehead atoms. The van der Waals surface area contributed by atoms with E-state index < -0.39 is 11.5 Å². The number of aromatic hydroxyl groups is 2. The molecule has 6 nitrogen and oxygen atoms in total. The first kappa shape index (κ1) is 20.5. The van der Waals surface area contributed by atoms with Crippen molar-refractivity contribution in [3.8, 4) is 11.5 Å². The number of hydroxylamine groups is 1. The normalized spacial score (nSPS) is 12.7. The van der Waals surface area contributed by atoms with Crippen LogP contribution in [0.25, 0.3) is 5.76 Å². The Bertz CT molecular complexity index is 854. The molecule has 0 fully saturated rings. The van der Waals surface area contributed by atoms with Crippen LogP contribution in [0.4, 0.5) is 5.69 Å². The molecule has 0 aliphatic rings. The van der Waals surface area contributed by atoms with Gasteiger partial charge in [0.25, 0.3) is 0 Å². The fraction of sp³-hybridized carbons (Fsp3) is 0.286. The van der Waals surface area contributed by atoms with Crippen LogP contribution >= 0.6 is 0 Å². The first-order valence-electron chi connectivity index (χ1n) is 8.88. The molecule has 0 aromatic heterocycles. The van der Waals surface area contributed by atoms with Gasteiger partial charge in [-0.1, -0.05) is 36.8 Å². The monoisotopic (exact) mass is 372 g/mol. The average Bonchev–Trinajstić information content (AvgIpc) is 2.63. The van der Waals surface area contributed by atoms with E-state index in [1.165, 1.54) is 13.1 Å². The number of ketones is 1. The van der Waals surface area contributed by atoms with Crippen molar-refractivity contribution >= 4 is 17.2 Å². The number of carbonyl (C=O) groups excluding carboxylic acids is 1. The summed E-state index contributed by atoms with van der Waals surface area (Å²) < 4.78 is 5.67. The molecule has 2 rings (SSSR count). The number of hydrogen-bond acceptors (Lipinski definition) is 5. The van der Waals surface area contributed by atoms with Crippen molar-refractivity contribution in [3.63, 3.8) is 0 Å². The molecule has 1 atom stereocenters. The van der Waals surface area contributed by atoms with E-state index in [-0.39, 0.29) is 22.1 Å². The number of benzene rings is 2. The number of phenolic OH excluding ortho intramolecular Hbond substituents is 2. The third-order valence-electron chi connectivity index (χ3n) is 4.14. The van der Waals surface area contributed by atoms with Gasteiger partial charge < -0.3 is 14.9 Å². The van der Waals surface area contributed by atoms with Gasteiger partial charge in [0, 0.05) is 11.1 Å². The molecule has 0 saturated carbocycles. The highest BCUT2D eigenvalue weighted by Gasteiger charge is 2.31. The molecular weight excluding hydrogens is 346 g/mol. The van der Waals surface area contributed by atoms with Gasteiger partial charge in [-0.15, -0.1) is 0 Å². The zero-order valence-corrected chi connectivity index (χ0v) is 16.0. The van der Waals surface area contributed by atoms with Crippen LogP contribution in [0.3, 0.4) is 0 Å². The SMILES string of the molecule is CCC=C(OCC)c1cc(O)c(O)c([NH+](C)O)c1C(=O)c1ccc(C)cc1. The molecule has 0 amide bonds. The van der Waals surface area contributed by atoms with Gasteiger partial charge in [-0.2, -0.15) is 5.06 Å². The standard InChI is InChI=1S/C21H25NO5/c1-5-7-17(27-6-2)15-12-16(23)21(25)19(22(4)26)18(15)20(24)14-10-8-13(3)9-11-14/h7-12,23,25-26H,5-6H2,1-4H3/p+1. The Morgan fingerprint density at radius 2 is 1.81 bits per heavy atom. The summed E-state index contributed by atoms with van der Waals surface area (Å²) in [7, 11) is 1.36. The fourth-order valence-electron chi connectivity index (χ4n) is 2.88. The van der Waals surface area contributed by atoms with Crippen LogP contribution in [-0.2, 0) is 4.74 Å². The summed E-state index contributed by atoms with van der Waals surface area (Å²) in [6.45, 7) is 6.02. The number of carbonyl (C=O) groups is 1. The molecule has 0 aliphatic carbocycles. The van der Waals surface area contributed by atoms with E-state index in [9.17, 15) is 20.2 Å². The lowest BCUT2D eigenvalue weighted by Crippen LogP contribution is -3.01. The zero-order chi connectivity index (χ0) is 20.1. The van der Waals surface area contributed by atoms with Gasteiger partial charge >= 0.3 is 0 Å². The highest BCUT2D eigenvalue weighted by molar-refractivity contribution is 6.14. The van der Waals surface area contributed by atoms with Crippen LogP contribution in [0.15, 0.2) is 36.4 Å². The summed E-state index contributed by atoms with van der Waals surface area (Å²) in [5.41, 5.74) is 1.72. The largest absolute Gasteiger partial charge is 0.504 e. The maximum atomic E-state index is 13.3. The van der Waals surface area contributed by atoms with Crippen molar-refractivity contribution in [2.45, 2.75) is 27.2 Å². The Kier molecular flexibility index (Phi) is 6.60. The van der Waals surface area contributed by atoms with Crippen LogP contribution in [-0.4, -0.2) is 34.9 Å². The van der Waals surface area contributed by atoms with Gasteiger partial charge in [0.05, 0.1) is 6.61 Å². The molecule has 2 aromatic rings. The van der Waals surface area contributed by atoms with Crippen molar-refractivity contribution in [2.75, 3.05) is 13.7 Å². The number of nitrogens with one attached hydrogen (secondary N) is 1. The van der Waals surface area contributed by atoms with Crippen molar-refractivity contribution in [1.82, 2.24) is 0 Å². The molecular formula is C21H26NO5+. The molecule has 0 radical (unpaired) electrons. The van der Waals surface area contributed by atoms with Gasteiger partial charge in [0.15, 0.2) is 11.5 Å². The summed E-state index contributed by atoms with van der Waals surface area (Å²) in [4.78, 5) is 13.3. The molecule has 0 aliphatic heterocycles. The minimum absolute atomic E-state index is 0.0855. The van der Waals surface area contributed by atoms with Crippen LogP contribution in [0.5, 0.6) is 11.5 Å². The number of ether oxygens (including phenoxy) is 1. The number of hydrogen-bond donors (Lipinski definition) is 4. The van der Waals surface area contributed by atoms with Gasteiger partial charge in [0.2, 0.25) is 11.4 Å². The molecule has 0 heterocycles. The third-order valence-corrected chi connectivity index (χ3v) is 4.14. The Morgan fingerprint density at radius 1 is 1.19 bits per heavy atom. The Labute approximate surface area is 158 Å². The summed E-state index contributed by atoms with van der Waals surface area (Å²) in [5.74, 6) is -0.948. The molecule has 2 aromatic carbocycles. The number of allylic oxidation sites excluding steroid dienone is 1. The number of quaternary nitrogens is 1. The summed E-state index contributed by atoms with van der Waals surface area (Å²) in [6, 6.07) is 8.29. The second-order valence-electron chi connectivity index (χ2n) is 6.23. The molecule has 0 spiro atoms. The lowest BCUT2D eigenvalue weighted by atomic mass is 9.93. The molecule has 144 valence electrons. The third kappa shape index (κ3) is 4.30. The summed E-state index contributed by atoms with van der Waals surface area (Å²) in [6.07, 6.45) is 2.43. The highest BCUT2D eigenvalue weighted by atomic mass is 16.5. The van der Waals surface area contributed by atoms with Gasteiger partial charge in [0.1, 0.15) is 18.4 Å². The number of aryl methyl sites for hydroxylation is 1. The Balaban J connectivity index is 2.82. The quantitative estimate of drug-likeness (QED) is 0.260. The first-order valence-corrected chi connectivity index (χ1v) is 8.88.